The van der Waals surface area contributed by atoms with Crippen molar-refractivity contribution in [1.82, 2.24) is 0 Å². The first-order valence-corrected chi connectivity index (χ1v) is 10.5. The molecule has 0 radical (unpaired) electrons. The normalized spacial score (nSPS) is 33.8. The minimum absolute atomic E-state index is 0.0489. The van der Waals surface area contributed by atoms with E-state index in [1.54, 1.807) is 19.9 Å². The second-order valence-electron chi connectivity index (χ2n) is 8.70. The number of ether oxygens (including phenoxy) is 3. The van der Waals surface area contributed by atoms with Gasteiger partial charge in [-0.25, -0.2) is 14.0 Å². The van der Waals surface area contributed by atoms with Crippen LogP contribution in [0.4, 0.5) is 4.39 Å². The topological polar surface area (TPSA) is 102 Å². The van der Waals surface area contributed by atoms with Crippen molar-refractivity contribution in [3.8, 4) is 0 Å². The molecule has 1 saturated heterocycles. The highest BCUT2D eigenvalue weighted by Crippen LogP contribution is 2.47. The molecule has 8 heteroatoms. The van der Waals surface area contributed by atoms with Crippen LogP contribution in [0.15, 0.2) is 53.3 Å². The average molecular weight is 444 g/mol. The summed E-state index contributed by atoms with van der Waals surface area (Å²) in [6, 6.07) is 5.56. The predicted octanol–water partition coefficient (Wildman–Crippen LogP) is 2.78. The zero-order valence-corrected chi connectivity index (χ0v) is 17.8. The summed E-state index contributed by atoms with van der Waals surface area (Å²) in [7, 11) is 0. The summed E-state index contributed by atoms with van der Waals surface area (Å²) in [5.41, 5.74) is 0.0431. The van der Waals surface area contributed by atoms with Crippen molar-refractivity contribution in [2.24, 2.45) is 5.92 Å². The van der Waals surface area contributed by atoms with E-state index in [-0.39, 0.29) is 35.8 Å². The largest absolute Gasteiger partial charge is 0.457 e. The lowest BCUT2D eigenvalue weighted by Gasteiger charge is -2.32. The molecule has 0 saturated carbocycles. The van der Waals surface area contributed by atoms with Crippen molar-refractivity contribution in [2.45, 2.75) is 50.6 Å². The van der Waals surface area contributed by atoms with Crippen LogP contribution in [0.3, 0.4) is 0 Å². The number of rotatable bonds is 4. The molecule has 0 spiro atoms. The Morgan fingerprint density at radius 2 is 2.03 bits per heavy atom. The molecule has 3 heterocycles. The predicted molar refractivity (Wildman–Crippen MR) is 111 cm³/mol. The average Bonchev–Trinajstić information content (AvgIpc) is 3.22. The number of fused-ring (bicyclic) bond motifs is 3. The van der Waals surface area contributed by atoms with E-state index in [1.165, 1.54) is 36.4 Å². The van der Waals surface area contributed by atoms with Gasteiger partial charge in [0.2, 0.25) is 0 Å². The highest BCUT2D eigenvalue weighted by Gasteiger charge is 2.51. The van der Waals surface area contributed by atoms with Crippen molar-refractivity contribution in [1.29, 1.82) is 0 Å². The number of aliphatic hydroxyl groups excluding tert-OH is 1. The second-order valence-corrected chi connectivity index (χ2v) is 8.70. The van der Waals surface area contributed by atoms with E-state index >= 15 is 0 Å². The van der Waals surface area contributed by atoms with Gasteiger partial charge in [-0.15, -0.1) is 0 Å². The van der Waals surface area contributed by atoms with Crippen LogP contribution in [-0.4, -0.2) is 46.3 Å². The lowest BCUT2D eigenvalue weighted by Crippen LogP contribution is -2.39. The number of halogens is 1. The zero-order valence-electron chi connectivity index (χ0n) is 17.8. The Hall–Kier alpha value is -2.81. The maximum Gasteiger partial charge on any atom is 0.343 e. The first-order chi connectivity index (χ1) is 15.1. The second kappa shape index (κ2) is 8.27. The molecule has 3 aliphatic rings. The first kappa shape index (κ1) is 22.4. The molecule has 1 aromatic carbocycles. The Balaban J connectivity index is 1.55. The number of carbonyl (C=O) groups excluding carboxylic acids is 2. The molecule has 4 atom stereocenters. The number of aliphatic hydroxyl groups is 2. The van der Waals surface area contributed by atoms with Gasteiger partial charge >= 0.3 is 11.9 Å². The Morgan fingerprint density at radius 1 is 1.31 bits per heavy atom. The molecule has 2 N–H and O–H groups in total. The van der Waals surface area contributed by atoms with E-state index in [1.807, 2.05) is 0 Å². The molecule has 0 amide bonds. The van der Waals surface area contributed by atoms with E-state index in [0.717, 1.165) is 0 Å². The van der Waals surface area contributed by atoms with Crippen LogP contribution in [0.1, 0.15) is 38.7 Å². The first-order valence-electron chi connectivity index (χ1n) is 10.5. The molecule has 4 rings (SSSR count). The van der Waals surface area contributed by atoms with Crippen molar-refractivity contribution in [3.63, 3.8) is 0 Å². The number of esters is 2. The Labute approximate surface area is 184 Å². The van der Waals surface area contributed by atoms with Crippen LogP contribution < -0.4 is 0 Å². The molecule has 1 aromatic rings. The van der Waals surface area contributed by atoms with Gasteiger partial charge in [0.05, 0.1) is 17.3 Å². The van der Waals surface area contributed by atoms with Gasteiger partial charge < -0.3 is 24.4 Å². The summed E-state index contributed by atoms with van der Waals surface area (Å²) in [6.45, 7) is 3.18. The van der Waals surface area contributed by atoms with E-state index in [2.05, 4.69) is 0 Å². The lowest BCUT2D eigenvalue weighted by molar-refractivity contribution is -0.238. The molecular weight excluding hydrogens is 419 g/mol. The quantitative estimate of drug-likeness (QED) is 0.544. The van der Waals surface area contributed by atoms with E-state index < -0.39 is 35.3 Å². The summed E-state index contributed by atoms with van der Waals surface area (Å²) < 4.78 is 29.5. The molecule has 0 aromatic heterocycles. The maximum absolute atomic E-state index is 13.0. The van der Waals surface area contributed by atoms with Crippen LogP contribution in [0.2, 0.25) is 0 Å². The minimum atomic E-state index is -1.38. The van der Waals surface area contributed by atoms with Crippen LogP contribution in [-0.2, 0) is 23.8 Å². The van der Waals surface area contributed by atoms with Crippen LogP contribution in [0.25, 0.3) is 6.08 Å². The van der Waals surface area contributed by atoms with Crippen molar-refractivity contribution < 1.29 is 38.4 Å². The van der Waals surface area contributed by atoms with Gasteiger partial charge in [-0.05, 0) is 49.6 Å². The SMILES string of the molecule is C[C@@H]1C[C@H](O)C2=C(COC(=O)/C=C/c3ccc(F)cc3)C(=O)O/C2=C/[C@@]2(C)CC[C@]1(O)O2. The third-order valence-corrected chi connectivity index (χ3v) is 6.19. The fraction of sp³-hybridized carbons (Fsp3) is 0.417. The molecule has 0 unspecified atom stereocenters. The van der Waals surface area contributed by atoms with Gasteiger partial charge in [0.15, 0.2) is 5.79 Å². The zero-order chi connectivity index (χ0) is 23.1. The van der Waals surface area contributed by atoms with E-state index in [9.17, 15) is 24.2 Å². The number of hydrogen-bond acceptors (Lipinski definition) is 7. The standard InChI is InChI=1S/C24H25FO7/c1-14-11-18(26)21-17(13-30-20(27)8-5-15-3-6-16(25)7-4-15)22(28)31-19(21)12-23(2)9-10-24(14,29)32-23/h3-8,12,14,18,26,29H,9-11,13H2,1-2H3/b8-5+,19-12+/t14-,18+,23-,24+/m1/s1. The van der Waals surface area contributed by atoms with Crippen molar-refractivity contribution in [2.75, 3.05) is 6.61 Å². The van der Waals surface area contributed by atoms with Gasteiger partial charge in [-0.2, -0.15) is 0 Å². The fourth-order valence-electron chi connectivity index (χ4n) is 4.31. The monoisotopic (exact) mass is 444 g/mol. The molecule has 32 heavy (non-hydrogen) atoms. The van der Waals surface area contributed by atoms with E-state index in [0.29, 0.717) is 18.4 Å². The van der Waals surface area contributed by atoms with Crippen LogP contribution in [0.5, 0.6) is 0 Å². The highest BCUT2D eigenvalue weighted by atomic mass is 19.1. The maximum atomic E-state index is 13.0. The summed E-state index contributed by atoms with van der Waals surface area (Å²) in [5.74, 6) is -3.42. The molecule has 3 aliphatic heterocycles. The third-order valence-electron chi connectivity index (χ3n) is 6.19. The molecule has 170 valence electrons. The van der Waals surface area contributed by atoms with E-state index in [4.69, 9.17) is 14.2 Å². The minimum Gasteiger partial charge on any atom is -0.457 e. The van der Waals surface area contributed by atoms with Gasteiger partial charge in [-0.1, -0.05) is 19.1 Å². The summed E-state index contributed by atoms with van der Waals surface area (Å²) in [6.07, 6.45) is 4.18. The molecule has 2 bridgehead atoms. The Kier molecular flexibility index (Phi) is 5.79. The van der Waals surface area contributed by atoms with Gasteiger partial charge in [0, 0.05) is 24.0 Å². The summed E-state index contributed by atoms with van der Waals surface area (Å²) >= 11 is 0. The van der Waals surface area contributed by atoms with Gasteiger partial charge in [0.1, 0.15) is 18.2 Å². The van der Waals surface area contributed by atoms with Crippen molar-refractivity contribution in [3.05, 3.63) is 64.7 Å². The van der Waals surface area contributed by atoms with Crippen molar-refractivity contribution >= 4 is 18.0 Å². The number of hydrogen-bond donors (Lipinski definition) is 2. The third kappa shape index (κ3) is 4.39. The van der Waals surface area contributed by atoms with Gasteiger partial charge in [-0.3, -0.25) is 0 Å². The Morgan fingerprint density at radius 3 is 2.75 bits per heavy atom. The lowest BCUT2D eigenvalue weighted by atomic mass is 9.86. The number of benzene rings is 1. The summed E-state index contributed by atoms with van der Waals surface area (Å²) in [5, 5.41) is 21.7. The molecule has 7 nitrogen and oxygen atoms in total. The molecule has 1 fully saturated rings. The molecule has 0 aliphatic carbocycles. The fourth-order valence-corrected chi connectivity index (χ4v) is 4.31. The smallest absolute Gasteiger partial charge is 0.343 e. The van der Waals surface area contributed by atoms with Gasteiger partial charge in [0.25, 0.3) is 0 Å². The number of carbonyl (C=O) groups is 2. The van der Waals surface area contributed by atoms with Crippen LogP contribution in [0, 0.1) is 11.7 Å². The molecular formula is C24H25FO7. The summed E-state index contributed by atoms with van der Waals surface area (Å²) in [4.78, 5) is 24.6. The highest BCUT2D eigenvalue weighted by molar-refractivity contribution is 5.96. The Bertz CT molecular complexity index is 1030. The van der Waals surface area contributed by atoms with Crippen LogP contribution >= 0.6 is 0 Å².